The smallest absolute Gasteiger partial charge is 0.254 e. The summed E-state index contributed by atoms with van der Waals surface area (Å²) in [5.74, 6) is 0.488. The number of nitrogens with zero attached hydrogens (tertiary/aromatic N) is 2. The van der Waals surface area contributed by atoms with Crippen LogP contribution in [0.3, 0.4) is 0 Å². The predicted molar refractivity (Wildman–Crippen MR) is 144 cm³/mol. The van der Waals surface area contributed by atoms with E-state index in [4.69, 9.17) is 16.3 Å². The Kier molecular flexibility index (Phi) is 8.52. The number of thiophene rings is 1. The summed E-state index contributed by atoms with van der Waals surface area (Å²) in [6.45, 7) is 4.97. The second-order valence-electron chi connectivity index (χ2n) is 8.62. The molecule has 1 aliphatic heterocycles. The van der Waals surface area contributed by atoms with Crippen molar-refractivity contribution in [1.82, 2.24) is 9.80 Å². The molecule has 8 heteroatoms. The third-order valence-electron chi connectivity index (χ3n) is 6.40. The number of hydrogen-bond donors (Lipinski definition) is 0. The summed E-state index contributed by atoms with van der Waals surface area (Å²) in [5.41, 5.74) is 1.69. The maximum Gasteiger partial charge on any atom is 0.254 e. The van der Waals surface area contributed by atoms with E-state index in [1.54, 1.807) is 40.5 Å². The van der Waals surface area contributed by atoms with Crippen molar-refractivity contribution in [3.05, 3.63) is 85.5 Å². The Balaban J connectivity index is 1.54. The molecule has 0 spiro atoms. The fourth-order valence-corrected chi connectivity index (χ4v) is 5.71. The van der Waals surface area contributed by atoms with Crippen molar-refractivity contribution in [2.45, 2.75) is 38.8 Å². The van der Waals surface area contributed by atoms with Crippen molar-refractivity contribution in [3.8, 4) is 5.75 Å². The molecule has 2 atom stereocenters. The van der Waals surface area contributed by atoms with Gasteiger partial charge in [0.2, 0.25) is 5.91 Å². The molecule has 4 rings (SSSR count). The number of benzene rings is 2. The number of carbonyl (C=O) groups is 2. The van der Waals surface area contributed by atoms with E-state index >= 15 is 0 Å². The van der Waals surface area contributed by atoms with Crippen LogP contribution < -0.4 is 4.74 Å². The zero-order valence-corrected chi connectivity index (χ0v) is 22.9. The quantitative estimate of drug-likeness (QED) is 0.304. The molecule has 0 radical (unpaired) electrons. The second-order valence-corrected chi connectivity index (χ2v) is 11.0. The Morgan fingerprint density at radius 1 is 1.23 bits per heavy atom. The molecule has 0 fully saturated rings. The molecule has 1 aromatic heterocycles. The third kappa shape index (κ3) is 6.08. The van der Waals surface area contributed by atoms with Gasteiger partial charge in [-0.15, -0.1) is 11.3 Å². The molecule has 3 aromatic rings. The first-order valence-electron chi connectivity index (χ1n) is 11.7. The van der Waals surface area contributed by atoms with Crippen molar-refractivity contribution in [3.63, 3.8) is 0 Å². The maximum absolute atomic E-state index is 13.7. The summed E-state index contributed by atoms with van der Waals surface area (Å²) in [6, 6.07) is 16.3. The van der Waals surface area contributed by atoms with Gasteiger partial charge < -0.3 is 14.5 Å². The molecule has 5 nitrogen and oxygen atoms in total. The number of rotatable bonds is 8. The number of halogens is 2. The Hall–Kier alpha value is -2.35. The van der Waals surface area contributed by atoms with E-state index in [1.165, 1.54) is 4.88 Å². The molecule has 2 heterocycles. The van der Waals surface area contributed by atoms with Crippen LogP contribution in [0.2, 0.25) is 5.02 Å². The SMILES string of the molecule is CC[C@@H](C)N(CC(=O)N1CCc2sccc2[C@H]1COc1ccc(Cl)cc1)C(=O)c1cccc(Br)c1. The predicted octanol–water partition coefficient (Wildman–Crippen LogP) is 6.61. The standard InChI is InChI=1S/C27H28BrClN2O3S/c1-3-18(2)31(27(33)19-5-4-6-20(28)15-19)16-26(32)30-13-11-25-23(12-14-35-25)24(30)17-34-22-9-7-21(29)8-10-22/h4-10,12,14-15,18,24H,3,11,13,16-17H2,1-2H3/t18-,24-/m1/s1. The highest BCUT2D eigenvalue weighted by Gasteiger charge is 2.34. The van der Waals surface area contributed by atoms with Crippen LogP contribution >= 0.6 is 38.9 Å². The number of fused-ring (bicyclic) bond motifs is 1. The molecule has 184 valence electrons. The van der Waals surface area contributed by atoms with Gasteiger partial charge in [-0.3, -0.25) is 9.59 Å². The second kappa shape index (κ2) is 11.6. The topological polar surface area (TPSA) is 49.9 Å². The molecule has 2 aromatic carbocycles. The summed E-state index contributed by atoms with van der Waals surface area (Å²) in [6.07, 6.45) is 1.56. The van der Waals surface area contributed by atoms with Crippen molar-refractivity contribution in [2.24, 2.45) is 0 Å². The fraction of sp³-hybridized carbons (Fsp3) is 0.333. The Morgan fingerprint density at radius 3 is 2.71 bits per heavy atom. The third-order valence-corrected chi connectivity index (χ3v) is 8.14. The minimum atomic E-state index is -0.215. The van der Waals surface area contributed by atoms with Gasteiger partial charge in [-0.25, -0.2) is 0 Å². The van der Waals surface area contributed by atoms with E-state index in [0.29, 0.717) is 29.5 Å². The lowest BCUT2D eigenvalue weighted by Crippen LogP contribution is -2.49. The molecule has 0 aliphatic carbocycles. The van der Waals surface area contributed by atoms with Gasteiger partial charge in [-0.1, -0.05) is 40.5 Å². The van der Waals surface area contributed by atoms with Crippen LogP contribution in [0.5, 0.6) is 5.75 Å². The van der Waals surface area contributed by atoms with Crippen molar-refractivity contribution in [1.29, 1.82) is 0 Å². The van der Waals surface area contributed by atoms with Crippen LogP contribution in [0, 0.1) is 0 Å². The summed E-state index contributed by atoms with van der Waals surface area (Å²) < 4.78 is 6.91. The average Bonchev–Trinajstić information content (AvgIpc) is 3.35. The van der Waals surface area contributed by atoms with Crippen molar-refractivity contribution < 1.29 is 14.3 Å². The molecule has 0 saturated heterocycles. The van der Waals surface area contributed by atoms with Gasteiger partial charge in [-0.05, 0) is 79.2 Å². The van der Waals surface area contributed by atoms with Crippen LogP contribution in [0.4, 0.5) is 0 Å². The zero-order valence-electron chi connectivity index (χ0n) is 19.7. The van der Waals surface area contributed by atoms with E-state index in [9.17, 15) is 9.59 Å². The Labute approximate surface area is 223 Å². The Bertz CT molecular complexity index is 1180. The molecule has 2 amide bonds. The highest BCUT2D eigenvalue weighted by atomic mass is 79.9. The normalized spacial score (nSPS) is 15.9. The molecule has 1 aliphatic rings. The molecule has 0 N–H and O–H groups in total. The van der Waals surface area contributed by atoms with E-state index in [0.717, 1.165) is 22.9 Å². The molecule has 0 unspecified atom stereocenters. The highest BCUT2D eigenvalue weighted by Crippen LogP contribution is 2.34. The van der Waals surface area contributed by atoms with Crippen LogP contribution in [-0.2, 0) is 11.2 Å². The van der Waals surface area contributed by atoms with Crippen LogP contribution in [0.1, 0.15) is 47.1 Å². The number of carbonyl (C=O) groups excluding carboxylic acids is 2. The van der Waals surface area contributed by atoms with Crippen LogP contribution in [-0.4, -0.2) is 47.4 Å². The maximum atomic E-state index is 13.7. The minimum Gasteiger partial charge on any atom is -0.491 e. The zero-order chi connectivity index (χ0) is 24.9. The molecular formula is C27H28BrClN2O3S. The fourth-order valence-electron chi connectivity index (χ4n) is 4.25. The molecule has 35 heavy (non-hydrogen) atoms. The largest absolute Gasteiger partial charge is 0.491 e. The van der Waals surface area contributed by atoms with Gasteiger partial charge in [0, 0.05) is 32.5 Å². The summed E-state index contributed by atoms with van der Waals surface area (Å²) in [7, 11) is 0. The van der Waals surface area contributed by atoms with Gasteiger partial charge in [0.05, 0.1) is 6.04 Å². The first-order valence-corrected chi connectivity index (χ1v) is 13.7. The van der Waals surface area contributed by atoms with E-state index in [1.807, 2.05) is 43.0 Å². The van der Waals surface area contributed by atoms with Gasteiger partial charge >= 0.3 is 0 Å². The lowest BCUT2D eigenvalue weighted by atomic mass is 10.00. The lowest BCUT2D eigenvalue weighted by molar-refractivity contribution is -0.136. The molecular weight excluding hydrogens is 548 g/mol. The van der Waals surface area contributed by atoms with E-state index in [2.05, 4.69) is 27.4 Å². The van der Waals surface area contributed by atoms with Gasteiger partial charge in [0.25, 0.3) is 5.91 Å². The van der Waals surface area contributed by atoms with Gasteiger partial charge in [-0.2, -0.15) is 0 Å². The number of amides is 2. The number of hydrogen-bond acceptors (Lipinski definition) is 4. The first kappa shape index (κ1) is 25.7. The lowest BCUT2D eigenvalue weighted by Gasteiger charge is -2.38. The Morgan fingerprint density at radius 2 is 2.00 bits per heavy atom. The van der Waals surface area contributed by atoms with Crippen LogP contribution in [0.15, 0.2) is 64.5 Å². The molecule has 0 saturated carbocycles. The van der Waals surface area contributed by atoms with E-state index < -0.39 is 0 Å². The van der Waals surface area contributed by atoms with Gasteiger partial charge in [0.15, 0.2) is 0 Å². The summed E-state index contributed by atoms with van der Waals surface area (Å²) in [5, 5.41) is 2.71. The van der Waals surface area contributed by atoms with E-state index in [-0.39, 0.29) is 30.4 Å². The molecule has 0 bridgehead atoms. The van der Waals surface area contributed by atoms with Gasteiger partial charge in [0.1, 0.15) is 18.9 Å². The van der Waals surface area contributed by atoms with Crippen molar-refractivity contribution >= 4 is 50.7 Å². The summed E-state index contributed by atoms with van der Waals surface area (Å²) >= 11 is 11.2. The monoisotopic (exact) mass is 574 g/mol. The van der Waals surface area contributed by atoms with Crippen molar-refractivity contribution in [2.75, 3.05) is 19.7 Å². The highest BCUT2D eigenvalue weighted by molar-refractivity contribution is 9.10. The minimum absolute atomic E-state index is 0.0251. The average molecular weight is 576 g/mol. The number of ether oxygens (including phenoxy) is 1. The summed E-state index contributed by atoms with van der Waals surface area (Å²) in [4.78, 5) is 31.9. The van der Waals surface area contributed by atoms with Crippen LogP contribution in [0.25, 0.3) is 0 Å². The first-order chi connectivity index (χ1) is 16.9.